The van der Waals surface area contributed by atoms with Crippen LogP contribution in [0.15, 0.2) is 12.1 Å². The molecule has 90 valence electrons. The van der Waals surface area contributed by atoms with Crippen molar-refractivity contribution in [3.05, 3.63) is 17.3 Å². The molecular weight excluding hydrogens is 243 g/mol. The van der Waals surface area contributed by atoms with E-state index in [1.54, 1.807) is 13.8 Å². The number of anilines is 1. The van der Waals surface area contributed by atoms with Crippen LogP contribution in [-0.2, 0) is 0 Å². The molecule has 0 aliphatic heterocycles. The Morgan fingerprint density at radius 3 is 2.31 bits per heavy atom. The molecule has 0 aliphatic rings. The summed E-state index contributed by atoms with van der Waals surface area (Å²) in [5, 5.41) is 7.30. The van der Waals surface area contributed by atoms with Gasteiger partial charge in [0.05, 0.1) is 0 Å². The Hall–Kier alpha value is -1.04. The molecule has 0 spiro atoms. The topological polar surface area (TPSA) is 29.0 Å². The Kier molecular flexibility index (Phi) is 3.96. The Balaban J connectivity index is 2.90. The highest BCUT2D eigenvalue weighted by Crippen LogP contribution is 2.22. The fraction of sp³-hybridized carbons (Fsp3) is 0.556. The van der Waals surface area contributed by atoms with Crippen LogP contribution in [0.1, 0.15) is 13.8 Å². The van der Waals surface area contributed by atoms with E-state index in [0.717, 1.165) is 4.90 Å². The fourth-order valence-corrected chi connectivity index (χ4v) is 1.28. The summed E-state index contributed by atoms with van der Waals surface area (Å²) >= 11 is 5.51. The van der Waals surface area contributed by atoms with Crippen molar-refractivity contribution in [3.8, 4) is 0 Å². The Morgan fingerprint density at radius 1 is 1.31 bits per heavy atom. The molecule has 0 unspecified atom stereocenters. The van der Waals surface area contributed by atoms with Gasteiger partial charge in [-0.05, 0) is 26.0 Å². The lowest BCUT2D eigenvalue weighted by atomic mass is 10.3. The summed E-state index contributed by atoms with van der Waals surface area (Å²) in [6.45, 7) is 2.25. The molecule has 16 heavy (non-hydrogen) atoms. The van der Waals surface area contributed by atoms with Crippen LogP contribution in [0.5, 0.6) is 0 Å². The largest absolute Gasteiger partial charge is 0.405 e. The van der Waals surface area contributed by atoms with E-state index in [-0.39, 0.29) is 17.0 Å². The Labute approximate surface area is 96.2 Å². The number of alkyl halides is 3. The molecule has 1 heterocycles. The van der Waals surface area contributed by atoms with Crippen molar-refractivity contribution in [2.45, 2.75) is 26.1 Å². The zero-order valence-electron chi connectivity index (χ0n) is 8.79. The van der Waals surface area contributed by atoms with Gasteiger partial charge in [0.2, 0.25) is 0 Å². The molecule has 1 aromatic rings. The van der Waals surface area contributed by atoms with Gasteiger partial charge < -0.3 is 4.90 Å². The predicted octanol–water partition coefficient (Wildman–Crippen LogP) is 2.91. The maximum Gasteiger partial charge on any atom is 0.405 e. The molecule has 0 N–H and O–H groups in total. The highest BCUT2D eigenvalue weighted by molar-refractivity contribution is 6.29. The van der Waals surface area contributed by atoms with Gasteiger partial charge >= 0.3 is 6.18 Å². The number of hydrogen-bond donors (Lipinski definition) is 0. The van der Waals surface area contributed by atoms with Gasteiger partial charge in [0, 0.05) is 6.04 Å². The van der Waals surface area contributed by atoms with Gasteiger partial charge in [-0.3, -0.25) is 0 Å². The van der Waals surface area contributed by atoms with Crippen LogP contribution in [-0.4, -0.2) is 29.0 Å². The summed E-state index contributed by atoms with van der Waals surface area (Å²) in [7, 11) is 0. The lowest BCUT2D eigenvalue weighted by molar-refractivity contribution is -0.120. The van der Waals surface area contributed by atoms with Crippen molar-refractivity contribution in [2.75, 3.05) is 11.4 Å². The minimum atomic E-state index is -4.27. The molecule has 0 saturated carbocycles. The van der Waals surface area contributed by atoms with E-state index in [9.17, 15) is 13.2 Å². The summed E-state index contributed by atoms with van der Waals surface area (Å²) < 4.78 is 36.9. The zero-order chi connectivity index (χ0) is 12.3. The molecular formula is C9H11ClF3N3. The van der Waals surface area contributed by atoms with E-state index in [1.807, 2.05) is 0 Å². The normalized spacial score (nSPS) is 11.9. The fourth-order valence-electron chi connectivity index (χ4n) is 1.18. The van der Waals surface area contributed by atoms with Gasteiger partial charge in [-0.15, -0.1) is 10.2 Å². The molecule has 0 aliphatic carbocycles. The van der Waals surface area contributed by atoms with Crippen LogP contribution in [0.25, 0.3) is 0 Å². The lowest BCUT2D eigenvalue weighted by Crippen LogP contribution is -2.39. The van der Waals surface area contributed by atoms with Gasteiger partial charge in [-0.25, -0.2) is 0 Å². The first-order valence-electron chi connectivity index (χ1n) is 4.62. The molecule has 0 radical (unpaired) electrons. The van der Waals surface area contributed by atoms with E-state index < -0.39 is 12.7 Å². The van der Waals surface area contributed by atoms with Crippen LogP contribution in [0, 0.1) is 0 Å². The van der Waals surface area contributed by atoms with Crippen molar-refractivity contribution < 1.29 is 13.2 Å². The SMILES string of the molecule is CC(C)N(CC(F)(F)F)c1ccc(Cl)nn1. The zero-order valence-corrected chi connectivity index (χ0v) is 9.55. The molecule has 0 amide bonds. The molecule has 0 aromatic carbocycles. The highest BCUT2D eigenvalue weighted by atomic mass is 35.5. The van der Waals surface area contributed by atoms with Crippen LogP contribution in [0.3, 0.4) is 0 Å². The average molecular weight is 254 g/mol. The summed E-state index contributed by atoms with van der Waals surface area (Å²) in [4.78, 5) is 1.11. The van der Waals surface area contributed by atoms with Gasteiger partial charge in [0.15, 0.2) is 11.0 Å². The summed E-state index contributed by atoms with van der Waals surface area (Å²) in [5.74, 6) is 0.164. The molecule has 0 bridgehead atoms. The number of hydrogen-bond acceptors (Lipinski definition) is 3. The quantitative estimate of drug-likeness (QED) is 0.829. The monoisotopic (exact) mass is 253 g/mol. The van der Waals surface area contributed by atoms with Crippen LogP contribution >= 0.6 is 11.6 Å². The molecule has 0 atom stereocenters. The third-order valence-corrected chi connectivity index (χ3v) is 2.09. The smallest absolute Gasteiger partial charge is 0.344 e. The maximum atomic E-state index is 12.3. The van der Waals surface area contributed by atoms with Gasteiger partial charge in [0.1, 0.15) is 6.54 Å². The molecule has 1 aromatic heterocycles. The van der Waals surface area contributed by atoms with Crippen LogP contribution < -0.4 is 4.90 Å². The Bertz CT molecular complexity index is 337. The number of halogens is 4. The van der Waals surface area contributed by atoms with E-state index >= 15 is 0 Å². The minimum absolute atomic E-state index is 0.152. The van der Waals surface area contributed by atoms with Crippen molar-refractivity contribution in [3.63, 3.8) is 0 Å². The van der Waals surface area contributed by atoms with Crippen molar-refractivity contribution in [2.24, 2.45) is 0 Å². The molecule has 7 heteroatoms. The lowest BCUT2D eigenvalue weighted by Gasteiger charge is -2.28. The average Bonchev–Trinajstić information content (AvgIpc) is 2.14. The van der Waals surface area contributed by atoms with E-state index in [4.69, 9.17) is 11.6 Å². The Morgan fingerprint density at radius 2 is 1.94 bits per heavy atom. The van der Waals surface area contributed by atoms with Gasteiger partial charge in [-0.2, -0.15) is 13.2 Å². The van der Waals surface area contributed by atoms with Crippen molar-refractivity contribution in [1.29, 1.82) is 0 Å². The summed E-state index contributed by atoms with van der Waals surface area (Å²) in [5.41, 5.74) is 0. The van der Waals surface area contributed by atoms with Crippen LogP contribution in [0.4, 0.5) is 19.0 Å². The summed E-state index contributed by atoms with van der Waals surface area (Å²) in [6, 6.07) is 2.51. The second-order valence-electron chi connectivity index (χ2n) is 3.55. The second kappa shape index (κ2) is 4.86. The first-order valence-corrected chi connectivity index (χ1v) is 5.00. The van der Waals surface area contributed by atoms with Crippen molar-refractivity contribution in [1.82, 2.24) is 10.2 Å². The number of nitrogens with zero attached hydrogens (tertiary/aromatic N) is 3. The van der Waals surface area contributed by atoms with Crippen LogP contribution in [0.2, 0.25) is 5.15 Å². The first kappa shape index (κ1) is 13.0. The standard InChI is InChI=1S/C9H11ClF3N3/c1-6(2)16(5-9(11,12)13)8-4-3-7(10)14-15-8/h3-4,6H,5H2,1-2H3. The maximum absolute atomic E-state index is 12.3. The second-order valence-corrected chi connectivity index (χ2v) is 3.94. The number of aromatic nitrogens is 2. The van der Waals surface area contributed by atoms with E-state index in [1.165, 1.54) is 12.1 Å². The molecule has 1 rings (SSSR count). The number of rotatable bonds is 3. The molecule has 3 nitrogen and oxygen atoms in total. The predicted molar refractivity (Wildman–Crippen MR) is 55.6 cm³/mol. The molecule has 0 saturated heterocycles. The third-order valence-electron chi connectivity index (χ3n) is 1.89. The van der Waals surface area contributed by atoms with Gasteiger partial charge in [-0.1, -0.05) is 11.6 Å². The van der Waals surface area contributed by atoms with Crippen molar-refractivity contribution >= 4 is 17.4 Å². The highest BCUT2D eigenvalue weighted by Gasteiger charge is 2.32. The van der Waals surface area contributed by atoms with E-state index in [2.05, 4.69) is 10.2 Å². The molecule has 0 fully saturated rings. The van der Waals surface area contributed by atoms with E-state index in [0.29, 0.717) is 0 Å². The third kappa shape index (κ3) is 3.84. The van der Waals surface area contributed by atoms with Gasteiger partial charge in [0.25, 0.3) is 0 Å². The summed E-state index contributed by atoms with van der Waals surface area (Å²) in [6.07, 6.45) is -4.27. The minimum Gasteiger partial charge on any atom is -0.344 e. The first-order chi connectivity index (χ1) is 7.29.